The third-order valence-electron chi connectivity index (χ3n) is 2.70. The van der Waals surface area contributed by atoms with Gasteiger partial charge in [0.2, 0.25) is 0 Å². The first-order valence-electron chi connectivity index (χ1n) is 5.46. The third-order valence-corrected chi connectivity index (χ3v) is 2.70. The highest BCUT2D eigenvalue weighted by molar-refractivity contribution is 5.94. The van der Waals surface area contributed by atoms with Crippen LogP contribution in [0.5, 0.6) is 0 Å². The fourth-order valence-electron chi connectivity index (χ4n) is 1.76. The van der Waals surface area contributed by atoms with Gasteiger partial charge in [-0.2, -0.15) is 19.0 Å². The second kappa shape index (κ2) is 4.37. The van der Waals surface area contributed by atoms with Crippen LogP contribution in [0.3, 0.4) is 0 Å². The molecule has 0 aliphatic rings. The molecule has 0 amide bonds. The summed E-state index contributed by atoms with van der Waals surface area (Å²) in [4.78, 5) is 15.1. The van der Waals surface area contributed by atoms with Crippen LogP contribution in [0.25, 0.3) is 16.9 Å². The molecule has 102 valence electrons. The predicted molar refractivity (Wildman–Crippen MR) is 62.4 cm³/mol. The van der Waals surface area contributed by atoms with Gasteiger partial charge in [-0.3, -0.25) is 0 Å². The Kier molecular flexibility index (Phi) is 2.67. The van der Waals surface area contributed by atoms with Crippen molar-refractivity contribution in [2.24, 2.45) is 0 Å². The van der Waals surface area contributed by atoms with Crippen LogP contribution in [0.2, 0.25) is 0 Å². The molecular formula is C11H7F2N5O2. The number of carbonyl (C=O) groups is 1. The molecule has 0 atom stereocenters. The van der Waals surface area contributed by atoms with Crippen molar-refractivity contribution in [3.05, 3.63) is 36.4 Å². The number of rotatable bonds is 3. The van der Waals surface area contributed by atoms with Gasteiger partial charge >= 0.3 is 12.5 Å². The summed E-state index contributed by atoms with van der Waals surface area (Å²) in [6, 6.07) is 1.54. The van der Waals surface area contributed by atoms with E-state index in [4.69, 9.17) is 5.11 Å². The number of aromatic nitrogens is 5. The van der Waals surface area contributed by atoms with Crippen molar-refractivity contribution in [2.45, 2.75) is 6.55 Å². The van der Waals surface area contributed by atoms with Crippen molar-refractivity contribution < 1.29 is 18.7 Å². The van der Waals surface area contributed by atoms with Crippen LogP contribution in [0.15, 0.2) is 30.9 Å². The topological polar surface area (TPSA) is 85.3 Å². The number of fused-ring (bicyclic) bond motifs is 1. The summed E-state index contributed by atoms with van der Waals surface area (Å²) in [6.45, 7) is -2.74. The highest BCUT2D eigenvalue weighted by atomic mass is 19.3. The van der Waals surface area contributed by atoms with E-state index in [0.29, 0.717) is 15.9 Å². The number of nitrogens with zero attached hydrogens (tertiary/aromatic N) is 5. The van der Waals surface area contributed by atoms with E-state index in [1.54, 1.807) is 6.07 Å². The normalized spacial score (nSPS) is 11.3. The van der Waals surface area contributed by atoms with Crippen molar-refractivity contribution in [1.29, 1.82) is 0 Å². The molecule has 0 fully saturated rings. The minimum absolute atomic E-state index is 0.0619. The maximum absolute atomic E-state index is 12.5. The lowest BCUT2D eigenvalue weighted by molar-refractivity contribution is 0.0566. The molecule has 3 rings (SSSR count). The number of alkyl halides is 2. The lowest BCUT2D eigenvalue weighted by Crippen LogP contribution is -1.98. The van der Waals surface area contributed by atoms with Gasteiger partial charge in [-0.1, -0.05) is 0 Å². The average Bonchev–Trinajstić information content (AvgIpc) is 3.04. The van der Waals surface area contributed by atoms with E-state index in [-0.39, 0.29) is 11.2 Å². The summed E-state index contributed by atoms with van der Waals surface area (Å²) < 4.78 is 26.7. The van der Waals surface area contributed by atoms with Gasteiger partial charge in [0.05, 0.1) is 18.1 Å². The molecular weight excluding hydrogens is 272 g/mol. The van der Waals surface area contributed by atoms with E-state index in [1.807, 2.05) is 0 Å². The highest BCUT2D eigenvalue weighted by Crippen LogP contribution is 2.20. The zero-order valence-electron chi connectivity index (χ0n) is 9.81. The number of hydrogen-bond donors (Lipinski definition) is 1. The summed E-state index contributed by atoms with van der Waals surface area (Å²) in [5.41, 5.74) is 0.783. The first kappa shape index (κ1) is 12.2. The number of carboxylic acid groups (broad SMARTS) is 1. The van der Waals surface area contributed by atoms with Crippen LogP contribution in [-0.2, 0) is 0 Å². The smallest absolute Gasteiger partial charge is 0.341 e. The molecule has 0 saturated carbocycles. The van der Waals surface area contributed by atoms with Gasteiger partial charge in [0.15, 0.2) is 5.65 Å². The van der Waals surface area contributed by atoms with E-state index in [2.05, 4.69) is 15.2 Å². The molecule has 1 N–H and O–H groups in total. The molecule has 0 bridgehead atoms. The van der Waals surface area contributed by atoms with E-state index < -0.39 is 12.5 Å². The Bertz CT molecular complexity index is 795. The zero-order chi connectivity index (χ0) is 14.3. The SMILES string of the molecule is O=C(O)c1cnn2ccc(-c3cnn(C(F)F)c3)nc12. The van der Waals surface area contributed by atoms with Crippen molar-refractivity contribution in [2.75, 3.05) is 0 Å². The van der Waals surface area contributed by atoms with Gasteiger partial charge in [0, 0.05) is 18.0 Å². The fraction of sp³-hybridized carbons (Fsp3) is 0.0909. The molecule has 0 aliphatic heterocycles. The minimum Gasteiger partial charge on any atom is -0.477 e. The van der Waals surface area contributed by atoms with Gasteiger partial charge < -0.3 is 5.11 Å². The van der Waals surface area contributed by atoms with Gasteiger partial charge in [0.25, 0.3) is 0 Å². The molecule has 0 saturated heterocycles. The number of carboxylic acids is 1. The Balaban J connectivity index is 2.11. The van der Waals surface area contributed by atoms with Crippen LogP contribution in [0.4, 0.5) is 8.78 Å². The summed E-state index contributed by atoms with van der Waals surface area (Å²) >= 11 is 0. The summed E-state index contributed by atoms with van der Waals surface area (Å²) in [5.74, 6) is -1.16. The third kappa shape index (κ3) is 1.88. The zero-order valence-corrected chi connectivity index (χ0v) is 9.81. The van der Waals surface area contributed by atoms with E-state index in [9.17, 15) is 13.6 Å². The standard InChI is InChI=1S/C11H7F2N5O2/c12-11(13)18-5-6(3-14-18)8-1-2-17-9(16-8)7(4-15-17)10(19)20/h1-5,11H,(H,19,20). The average molecular weight is 279 g/mol. The number of halogens is 2. The number of aromatic carboxylic acids is 1. The van der Waals surface area contributed by atoms with Gasteiger partial charge in [-0.25, -0.2) is 19.0 Å². The Morgan fingerprint density at radius 2 is 2.10 bits per heavy atom. The molecule has 3 aromatic heterocycles. The molecule has 0 radical (unpaired) electrons. The molecule has 3 heterocycles. The van der Waals surface area contributed by atoms with Crippen LogP contribution < -0.4 is 0 Å². The number of hydrogen-bond acceptors (Lipinski definition) is 4. The van der Waals surface area contributed by atoms with Crippen molar-refractivity contribution in [3.8, 4) is 11.3 Å². The molecule has 0 aliphatic carbocycles. The van der Waals surface area contributed by atoms with Crippen LogP contribution >= 0.6 is 0 Å². The Labute approximate surface area is 110 Å². The monoisotopic (exact) mass is 279 g/mol. The quantitative estimate of drug-likeness (QED) is 0.788. The molecule has 0 spiro atoms. The lowest BCUT2D eigenvalue weighted by Gasteiger charge is -1.99. The Hall–Kier alpha value is -2.84. The van der Waals surface area contributed by atoms with Crippen LogP contribution in [0, 0.1) is 0 Å². The molecule has 0 unspecified atom stereocenters. The van der Waals surface area contributed by atoms with E-state index in [1.165, 1.54) is 23.1 Å². The van der Waals surface area contributed by atoms with E-state index in [0.717, 1.165) is 6.20 Å². The molecule has 20 heavy (non-hydrogen) atoms. The van der Waals surface area contributed by atoms with Gasteiger partial charge in [-0.15, -0.1) is 0 Å². The first-order chi connectivity index (χ1) is 9.56. The minimum atomic E-state index is -2.74. The molecule has 9 heteroatoms. The Morgan fingerprint density at radius 1 is 1.30 bits per heavy atom. The van der Waals surface area contributed by atoms with Crippen LogP contribution in [0.1, 0.15) is 16.9 Å². The fourth-order valence-corrected chi connectivity index (χ4v) is 1.76. The van der Waals surface area contributed by atoms with Gasteiger partial charge in [0.1, 0.15) is 5.56 Å². The largest absolute Gasteiger partial charge is 0.477 e. The molecule has 0 aromatic carbocycles. The van der Waals surface area contributed by atoms with Crippen molar-refractivity contribution >= 4 is 11.6 Å². The maximum Gasteiger partial charge on any atom is 0.341 e. The second-order valence-electron chi connectivity index (χ2n) is 3.93. The van der Waals surface area contributed by atoms with Crippen molar-refractivity contribution in [1.82, 2.24) is 24.4 Å². The summed E-state index contributed by atoms with van der Waals surface area (Å²) in [6.07, 6.45) is 5.06. The molecule has 3 aromatic rings. The Morgan fingerprint density at radius 3 is 2.75 bits per heavy atom. The van der Waals surface area contributed by atoms with E-state index >= 15 is 0 Å². The van der Waals surface area contributed by atoms with Gasteiger partial charge in [-0.05, 0) is 6.07 Å². The second-order valence-corrected chi connectivity index (χ2v) is 3.93. The summed E-state index contributed by atoms with van der Waals surface area (Å²) in [5, 5.41) is 16.3. The highest BCUT2D eigenvalue weighted by Gasteiger charge is 2.15. The van der Waals surface area contributed by atoms with Crippen LogP contribution in [-0.4, -0.2) is 35.5 Å². The molecule has 7 nitrogen and oxygen atoms in total. The first-order valence-corrected chi connectivity index (χ1v) is 5.46. The summed E-state index contributed by atoms with van der Waals surface area (Å²) in [7, 11) is 0. The predicted octanol–water partition coefficient (Wildman–Crippen LogP) is 1.69. The maximum atomic E-state index is 12.5. The van der Waals surface area contributed by atoms with Crippen molar-refractivity contribution in [3.63, 3.8) is 0 Å². The lowest BCUT2D eigenvalue weighted by atomic mass is 10.2.